The first-order valence-corrected chi connectivity index (χ1v) is 4.91. The first-order valence-electron chi connectivity index (χ1n) is 3.93. The average Bonchev–Trinajstić information content (AvgIpc) is 2.55. The molecule has 1 aliphatic rings. The summed E-state index contributed by atoms with van der Waals surface area (Å²) >= 11 is 1.46. The molecule has 1 aliphatic heterocycles. The van der Waals surface area contributed by atoms with Gasteiger partial charge in [0.1, 0.15) is 0 Å². The highest BCUT2D eigenvalue weighted by molar-refractivity contribution is 8.00. The number of thioether (sulfide) groups is 1. The molecule has 0 aliphatic carbocycles. The van der Waals surface area contributed by atoms with Gasteiger partial charge in [-0.25, -0.2) is 4.98 Å². The Hall–Kier alpha value is -0.840. The average molecular weight is 183 g/mol. The molecule has 64 valence electrons. The van der Waals surface area contributed by atoms with Crippen LogP contribution in [0.3, 0.4) is 0 Å². The zero-order valence-electron chi connectivity index (χ0n) is 6.78. The molecule has 0 N–H and O–H groups in total. The standard InChI is InChI=1S/C7H9N3OS/c1-2-3-5-8-7-10(9-5)6(11)4-12-7/h2-4H2,1H3. The fourth-order valence-electron chi connectivity index (χ4n) is 1.11. The molecule has 0 aromatic carbocycles. The summed E-state index contributed by atoms with van der Waals surface area (Å²) in [6.45, 7) is 2.07. The summed E-state index contributed by atoms with van der Waals surface area (Å²) in [7, 11) is 0. The molecule has 4 nitrogen and oxygen atoms in total. The summed E-state index contributed by atoms with van der Waals surface area (Å²) in [6.07, 6.45) is 1.87. The summed E-state index contributed by atoms with van der Waals surface area (Å²) in [5.41, 5.74) is 0. The van der Waals surface area contributed by atoms with Gasteiger partial charge < -0.3 is 0 Å². The molecular formula is C7H9N3OS. The van der Waals surface area contributed by atoms with Crippen molar-refractivity contribution in [1.82, 2.24) is 14.8 Å². The smallest absolute Gasteiger partial charge is 0.259 e. The van der Waals surface area contributed by atoms with Crippen LogP contribution in [0, 0.1) is 0 Å². The summed E-state index contributed by atoms with van der Waals surface area (Å²) in [5, 5.41) is 4.85. The van der Waals surface area contributed by atoms with E-state index in [1.807, 2.05) is 0 Å². The van der Waals surface area contributed by atoms with Crippen LogP contribution in [-0.4, -0.2) is 26.4 Å². The lowest BCUT2D eigenvalue weighted by molar-refractivity contribution is 0.0923. The number of aromatic nitrogens is 3. The zero-order valence-corrected chi connectivity index (χ0v) is 7.60. The number of carbonyl (C=O) groups excluding carboxylic acids is 1. The molecule has 0 saturated carbocycles. The van der Waals surface area contributed by atoms with E-state index in [1.165, 1.54) is 16.4 Å². The normalized spacial score (nSPS) is 15.2. The lowest BCUT2D eigenvalue weighted by Gasteiger charge is -1.88. The fourth-order valence-corrected chi connectivity index (χ4v) is 1.92. The molecule has 0 atom stereocenters. The lowest BCUT2D eigenvalue weighted by Crippen LogP contribution is -2.08. The van der Waals surface area contributed by atoms with Gasteiger partial charge in [0.15, 0.2) is 11.0 Å². The summed E-state index contributed by atoms with van der Waals surface area (Å²) in [4.78, 5) is 15.3. The molecule has 12 heavy (non-hydrogen) atoms. The van der Waals surface area contributed by atoms with Crippen molar-refractivity contribution < 1.29 is 4.79 Å². The van der Waals surface area contributed by atoms with E-state index in [0.717, 1.165) is 23.8 Å². The summed E-state index contributed by atoms with van der Waals surface area (Å²) in [6, 6.07) is 0. The highest BCUT2D eigenvalue weighted by Crippen LogP contribution is 2.22. The van der Waals surface area contributed by atoms with Crippen LogP contribution in [0.25, 0.3) is 0 Å². The summed E-state index contributed by atoms with van der Waals surface area (Å²) in [5.74, 6) is 1.32. The number of rotatable bonds is 2. The maximum absolute atomic E-state index is 11.1. The minimum absolute atomic E-state index is 0.0462. The van der Waals surface area contributed by atoms with Crippen LogP contribution in [0.2, 0.25) is 0 Å². The van der Waals surface area contributed by atoms with E-state index in [1.54, 1.807) is 0 Å². The summed E-state index contributed by atoms with van der Waals surface area (Å²) < 4.78 is 1.41. The fraction of sp³-hybridized carbons (Fsp3) is 0.571. The van der Waals surface area contributed by atoms with Gasteiger partial charge in [-0.3, -0.25) is 4.79 Å². The molecule has 1 aromatic heterocycles. The van der Waals surface area contributed by atoms with E-state index in [2.05, 4.69) is 17.0 Å². The van der Waals surface area contributed by atoms with Crippen molar-refractivity contribution in [3.05, 3.63) is 5.82 Å². The van der Waals surface area contributed by atoms with E-state index in [-0.39, 0.29) is 5.91 Å². The molecule has 5 heteroatoms. The Morgan fingerprint density at radius 2 is 2.50 bits per heavy atom. The third kappa shape index (κ3) is 1.14. The van der Waals surface area contributed by atoms with Gasteiger partial charge in [-0.15, -0.1) is 5.10 Å². The quantitative estimate of drug-likeness (QED) is 0.685. The van der Waals surface area contributed by atoms with Crippen LogP contribution in [0.1, 0.15) is 24.0 Å². The minimum atomic E-state index is 0.0462. The predicted octanol–water partition coefficient (Wildman–Crippen LogP) is 0.976. The van der Waals surface area contributed by atoms with Gasteiger partial charge in [-0.05, 0) is 6.42 Å². The Morgan fingerprint density at radius 1 is 1.67 bits per heavy atom. The molecule has 0 radical (unpaired) electrons. The second-order valence-corrected chi connectivity index (χ2v) is 3.60. The van der Waals surface area contributed by atoms with Crippen LogP contribution < -0.4 is 0 Å². The van der Waals surface area contributed by atoms with E-state index in [4.69, 9.17) is 0 Å². The Morgan fingerprint density at radius 3 is 3.17 bits per heavy atom. The number of hydrogen-bond donors (Lipinski definition) is 0. The van der Waals surface area contributed by atoms with Gasteiger partial charge >= 0.3 is 0 Å². The Kier molecular flexibility index (Phi) is 1.88. The van der Waals surface area contributed by atoms with Crippen molar-refractivity contribution in [2.75, 3.05) is 5.75 Å². The van der Waals surface area contributed by atoms with Crippen LogP contribution in [0.15, 0.2) is 5.16 Å². The molecule has 2 rings (SSSR count). The highest BCUT2D eigenvalue weighted by atomic mass is 32.2. The van der Waals surface area contributed by atoms with Gasteiger partial charge in [0.2, 0.25) is 0 Å². The second kappa shape index (κ2) is 2.90. The number of fused-ring (bicyclic) bond motifs is 1. The molecular weight excluding hydrogens is 174 g/mol. The van der Waals surface area contributed by atoms with Gasteiger partial charge in [0, 0.05) is 6.42 Å². The molecule has 0 saturated heterocycles. The van der Waals surface area contributed by atoms with E-state index in [9.17, 15) is 4.79 Å². The van der Waals surface area contributed by atoms with Crippen LogP contribution in [0.4, 0.5) is 0 Å². The van der Waals surface area contributed by atoms with Crippen molar-refractivity contribution in [3.63, 3.8) is 0 Å². The molecule has 0 fully saturated rings. The van der Waals surface area contributed by atoms with Crippen molar-refractivity contribution in [3.8, 4) is 0 Å². The SMILES string of the molecule is CCCc1nc2n(n1)C(=O)CS2. The van der Waals surface area contributed by atoms with Crippen molar-refractivity contribution in [2.24, 2.45) is 0 Å². The van der Waals surface area contributed by atoms with Gasteiger partial charge in [-0.1, -0.05) is 18.7 Å². The Labute approximate surface area is 74.4 Å². The Bertz CT molecular complexity index is 320. The first kappa shape index (κ1) is 7.79. The van der Waals surface area contributed by atoms with Crippen molar-refractivity contribution in [2.45, 2.75) is 24.9 Å². The van der Waals surface area contributed by atoms with Gasteiger partial charge in [0.05, 0.1) is 5.75 Å². The molecule has 0 amide bonds. The topological polar surface area (TPSA) is 47.8 Å². The van der Waals surface area contributed by atoms with E-state index < -0.39 is 0 Å². The largest absolute Gasteiger partial charge is 0.271 e. The molecule has 0 unspecified atom stereocenters. The van der Waals surface area contributed by atoms with Crippen LogP contribution >= 0.6 is 11.8 Å². The zero-order chi connectivity index (χ0) is 8.55. The van der Waals surface area contributed by atoms with Gasteiger partial charge in [-0.2, -0.15) is 4.68 Å². The maximum atomic E-state index is 11.1. The molecule has 0 spiro atoms. The van der Waals surface area contributed by atoms with E-state index in [0.29, 0.717) is 5.75 Å². The maximum Gasteiger partial charge on any atom is 0.259 e. The number of aryl methyl sites for hydroxylation is 1. The molecule has 1 aromatic rings. The lowest BCUT2D eigenvalue weighted by atomic mass is 10.3. The first-order chi connectivity index (χ1) is 5.81. The third-order valence-corrected chi connectivity index (χ3v) is 2.57. The van der Waals surface area contributed by atoms with E-state index >= 15 is 0 Å². The molecule has 0 bridgehead atoms. The van der Waals surface area contributed by atoms with Crippen LogP contribution in [0.5, 0.6) is 0 Å². The highest BCUT2D eigenvalue weighted by Gasteiger charge is 2.23. The predicted molar refractivity (Wildman–Crippen MR) is 45.4 cm³/mol. The van der Waals surface area contributed by atoms with Crippen molar-refractivity contribution in [1.29, 1.82) is 0 Å². The number of nitrogens with zero attached hydrogens (tertiary/aromatic N) is 3. The number of hydrogen-bond acceptors (Lipinski definition) is 4. The number of carbonyl (C=O) groups is 1. The second-order valence-electron chi connectivity index (χ2n) is 2.65. The van der Waals surface area contributed by atoms with Crippen molar-refractivity contribution >= 4 is 17.7 Å². The minimum Gasteiger partial charge on any atom is -0.271 e. The molecule has 2 heterocycles. The van der Waals surface area contributed by atoms with Crippen LogP contribution in [-0.2, 0) is 6.42 Å². The van der Waals surface area contributed by atoms with Gasteiger partial charge in [0.25, 0.3) is 5.91 Å². The third-order valence-electron chi connectivity index (χ3n) is 1.66. The Balaban J connectivity index is 2.30. The monoisotopic (exact) mass is 183 g/mol.